The fourth-order valence-electron chi connectivity index (χ4n) is 2.11. The van der Waals surface area contributed by atoms with Gasteiger partial charge in [-0.1, -0.05) is 18.0 Å². The first kappa shape index (κ1) is 8.75. The third-order valence-electron chi connectivity index (χ3n) is 2.90. The number of aromatic nitrogens is 1. The molecule has 2 rings (SSSR count). The lowest BCUT2D eigenvalue weighted by Crippen LogP contribution is -1.96. The summed E-state index contributed by atoms with van der Waals surface area (Å²) in [4.78, 5) is 0. The van der Waals surface area contributed by atoms with Gasteiger partial charge in [-0.05, 0) is 19.8 Å². The van der Waals surface area contributed by atoms with Crippen LogP contribution in [-0.4, -0.2) is 10.3 Å². The summed E-state index contributed by atoms with van der Waals surface area (Å²) < 4.78 is 5.26. The molecule has 1 aromatic heterocycles. The molecule has 1 N–H and O–H groups in total. The number of aryl methyl sites for hydroxylation is 1. The van der Waals surface area contributed by atoms with Crippen molar-refractivity contribution in [2.45, 2.75) is 45.1 Å². The van der Waals surface area contributed by atoms with E-state index in [1.54, 1.807) is 0 Å². The van der Waals surface area contributed by atoms with Crippen LogP contribution in [0.3, 0.4) is 0 Å². The Labute approximate surface area is 77.7 Å². The number of aliphatic hydroxyl groups excluding tert-OH is 1. The zero-order valence-corrected chi connectivity index (χ0v) is 7.92. The number of hydrogen-bond donors (Lipinski definition) is 1. The summed E-state index contributed by atoms with van der Waals surface area (Å²) in [5, 5.41) is 13.0. The lowest BCUT2D eigenvalue weighted by atomic mass is 10.0. The van der Waals surface area contributed by atoms with Crippen LogP contribution in [0.2, 0.25) is 0 Å². The van der Waals surface area contributed by atoms with Gasteiger partial charge in [0.05, 0.1) is 12.3 Å². The largest absolute Gasteiger partial charge is 0.391 e. The van der Waals surface area contributed by atoms with Gasteiger partial charge in [0.2, 0.25) is 0 Å². The average molecular weight is 181 g/mol. The Morgan fingerprint density at radius 2 is 2.15 bits per heavy atom. The van der Waals surface area contributed by atoms with Crippen molar-refractivity contribution in [1.82, 2.24) is 5.16 Å². The summed E-state index contributed by atoms with van der Waals surface area (Å²) in [6.07, 6.45) is 4.91. The molecule has 72 valence electrons. The number of hydrogen-bond acceptors (Lipinski definition) is 3. The van der Waals surface area contributed by atoms with E-state index in [0.717, 1.165) is 17.0 Å². The van der Waals surface area contributed by atoms with Gasteiger partial charge in [-0.25, -0.2) is 0 Å². The van der Waals surface area contributed by atoms with Gasteiger partial charge < -0.3 is 9.63 Å². The van der Waals surface area contributed by atoms with Crippen molar-refractivity contribution < 1.29 is 9.63 Å². The molecule has 0 unspecified atom stereocenters. The van der Waals surface area contributed by atoms with Crippen LogP contribution in [0.5, 0.6) is 0 Å². The second-order valence-corrected chi connectivity index (χ2v) is 3.75. The quantitative estimate of drug-likeness (QED) is 0.760. The van der Waals surface area contributed by atoms with E-state index in [1.165, 1.54) is 25.7 Å². The van der Waals surface area contributed by atoms with Gasteiger partial charge in [0, 0.05) is 11.5 Å². The predicted molar refractivity (Wildman–Crippen MR) is 48.4 cm³/mol. The molecule has 3 heteroatoms. The van der Waals surface area contributed by atoms with Gasteiger partial charge in [-0.15, -0.1) is 0 Å². The zero-order valence-electron chi connectivity index (χ0n) is 7.92. The minimum absolute atomic E-state index is 0.0567. The highest BCUT2D eigenvalue weighted by atomic mass is 16.5. The van der Waals surface area contributed by atoms with E-state index in [2.05, 4.69) is 5.16 Å². The first-order valence-corrected chi connectivity index (χ1v) is 4.89. The number of rotatable bonds is 2. The molecule has 1 aromatic rings. The maximum absolute atomic E-state index is 9.15. The average Bonchev–Trinajstić information content (AvgIpc) is 2.71. The topological polar surface area (TPSA) is 46.3 Å². The molecule has 0 aromatic carbocycles. The van der Waals surface area contributed by atoms with Crippen molar-refractivity contribution in [2.75, 3.05) is 0 Å². The van der Waals surface area contributed by atoms with Crippen LogP contribution in [0.15, 0.2) is 4.52 Å². The molecule has 13 heavy (non-hydrogen) atoms. The maximum Gasteiger partial charge on any atom is 0.145 e. The fraction of sp³-hybridized carbons (Fsp3) is 0.700. The summed E-state index contributed by atoms with van der Waals surface area (Å²) in [6.45, 7) is 1.94. The summed E-state index contributed by atoms with van der Waals surface area (Å²) >= 11 is 0. The molecule has 1 aliphatic carbocycles. The molecule has 0 bridgehead atoms. The smallest absolute Gasteiger partial charge is 0.145 e. The van der Waals surface area contributed by atoms with Crippen molar-refractivity contribution in [3.8, 4) is 0 Å². The normalized spacial score (nSPS) is 18.3. The summed E-state index contributed by atoms with van der Waals surface area (Å²) in [5.74, 6) is 1.43. The molecule has 1 saturated carbocycles. The lowest BCUT2D eigenvalue weighted by molar-refractivity contribution is 0.274. The van der Waals surface area contributed by atoms with E-state index in [4.69, 9.17) is 9.63 Å². The van der Waals surface area contributed by atoms with Crippen molar-refractivity contribution >= 4 is 0 Å². The minimum Gasteiger partial charge on any atom is -0.391 e. The predicted octanol–water partition coefficient (Wildman–Crippen LogP) is 2.13. The number of nitrogens with zero attached hydrogens (tertiary/aromatic N) is 1. The molecule has 0 atom stereocenters. The highest BCUT2D eigenvalue weighted by Gasteiger charge is 2.24. The highest BCUT2D eigenvalue weighted by molar-refractivity contribution is 5.24. The van der Waals surface area contributed by atoms with Crippen LogP contribution in [0.1, 0.15) is 48.6 Å². The van der Waals surface area contributed by atoms with E-state index in [9.17, 15) is 0 Å². The van der Waals surface area contributed by atoms with Crippen LogP contribution in [-0.2, 0) is 6.61 Å². The van der Waals surface area contributed by atoms with Gasteiger partial charge in [-0.3, -0.25) is 0 Å². The molecule has 1 aliphatic rings. The molecule has 0 spiro atoms. The SMILES string of the molecule is Cc1noc(C2CCCC2)c1CO. The molecular weight excluding hydrogens is 166 g/mol. The zero-order chi connectivity index (χ0) is 9.26. The summed E-state index contributed by atoms with van der Waals surface area (Å²) in [6, 6.07) is 0. The van der Waals surface area contributed by atoms with Crippen LogP contribution in [0.4, 0.5) is 0 Å². The van der Waals surface area contributed by atoms with Gasteiger partial charge in [0.25, 0.3) is 0 Å². The second kappa shape index (κ2) is 3.50. The highest BCUT2D eigenvalue weighted by Crippen LogP contribution is 2.36. The third kappa shape index (κ3) is 1.48. The van der Waals surface area contributed by atoms with Crippen molar-refractivity contribution in [2.24, 2.45) is 0 Å². The van der Waals surface area contributed by atoms with Crippen LogP contribution < -0.4 is 0 Å². The molecule has 0 saturated heterocycles. The molecule has 0 aliphatic heterocycles. The Hall–Kier alpha value is -0.830. The summed E-state index contributed by atoms with van der Waals surface area (Å²) in [7, 11) is 0. The van der Waals surface area contributed by atoms with Crippen molar-refractivity contribution in [1.29, 1.82) is 0 Å². The molecular formula is C10H15NO2. The summed E-state index contributed by atoms with van der Waals surface area (Å²) in [5.41, 5.74) is 1.75. The van der Waals surface area contributed by atoms with Crippen LogP contribution in [0, 0.1) is 6.92 Å². The third-order valence-corrected chi connectivity index (χ3v) is 2.90. The van der Waals surface area contributed by atoms with Gasteiger partial charge >= 0.3 is 0 Å². The lowest BCUT2D eigenvalue weighted by Gasteiger charge is -2.05. The molecule has 0 radical (unpaired) electrons. The van der Waals surface area contributed by atoms with Crippen LogP contribution in [0.25, 0.3) is 0 Å². The Morgan fingerprint density at radius 3 is 2.77 bits per heavy atom. The Balaban J connectivity index is 2.27. The molecule has 1 heterocycles. The van der Waals surface area contributed by atoms with E-state index in [1.807, 2.05) is 6.92 Å². The van der Waals surface area contributed by atoms with Gasteiger partial charge in [0.15, 0.2) is 0 Å². The second-order valence-electron chi connectivity index (χ2n) is 3.75. The first-order chi connectivity index (χ1) is 6.33. The number of aliphatic hydroxyl groups is 1. The Bertz CT molecular complexity index is 287. The van der Waals surface area contributed by atoms with E-state index in [-0.39, 0.29) is 6.61 Å². The van der Waals surface area contributed by atoms with Crippen molar-refractivity contribution in [3.63, 3.8) is 0 Å². The monoisotopic (exact) mass is 181 g/mol. The van der Waals surface area contributed by atoms with Crippen LogP contribution >= 0.6 is 0 Å². The van der Waals surface area contributed by atoms with E-state index < -0.39 is 0 Å². The van der Waals surface area contributed by atoms with Gasteiger partial charge in [-0.2, -0.15) is 0 Å². The maximum atomic E-state index is 9.15. The minimum atomic E-state index is 0.0567. The molecule has 0 amide bonds. The Kier molecular flexibility index (Phi) is 2.36. The van der Waals surface area contributed by atoms with Crippen molar-refractivity contribution in [3.05, 3.63) is 17.0 Å². The Morgan fingerprint density at radius 1 is 1.46 bits per heavy atom. The molecule has 1 fully saturated rings. The first-order valence-electron chi connectivity index (χ1n) is 4.89. The van der Waals surface area contributed by atoms with E-state index in [0.29, 0.717) is 5.92 Å². The standard InChI is InChI=1S/C10H15NO2/c1-7-9(6-12)10(13-11-7)8-4-2-3-5-8/h8,12H,2-6H2,1H3. The molecule has 3 nitrogen and oxygen atoms in total. The van der Waals surface area contributed by atoms with Gasteiger partial charge in [0.1, 0.15) is 5.76 Å². The fourth-order valence-corrected chi connectivity index (χ4v) is 2.11. The van der Waals surface area contributed by atoms with E-state index >= 15 is 0 Å².